The lowest BCUT2D eigenvalue weighted by Gasteiger charge is -2.39. The van der Waals surface area contributed by atoms with Gasteiger partial charge in [0.1, 0.15) is 17.1 Å². The van der Waals surface area contributed by atoms with E-state index in [9.17, 15) is 14.7 Å². The molecule has 12 nitrogen and oxygen atoms in total. The lowest BCUT2D eigenvalue weighted by Crippen LogP contribution is -2.54. The summed E-state index contributed by atoms with van der Waals surface area (Å²) in [6.45, 7) is 5.77. The Morgan fingerprint density at radius 3 is 2.26 bits per heavy atom. The maximum Gasteiger partial charge on any atom is 0.320 e. The smallest absolute Gasteiger partial charge is 0.320 e. The van der Waals surface area contributed by atoms with E-state index in [0.717, 1.165) is 30.0 Å². The molecule has 12 heteroatoms. The summed E-state index contributed by atoms with van der Waals surface area (Å²) in [5.41, 5.74) is 8.62. The summed E-state index contributed by atoms with van der Waals surface area (Å²) in [7, 11) is 0. The number of aromatic amines is 1. The number of carbonyl (C=O) groups is 2. The predicted molar refractivity (Wildman–Crippen MR) is 144 cm³/mol. The zero-order chi connectivity index (χ0) is 26.5. The van der Waals surface area contributed by atoms with Gasteiger partial charge in [-0.3, -0.25) is 9.89 Å². The Kier molecular flexibility index (Phi) is 7.50. The maximum atomic E-state index is 12.7. The number of urea groups is 1. The summed E-state index contributed by atoms with van der Waals surface area (Å²) in [6, 6.07) is 14.7. The molecule has 38 heavy (non-hydrogen) atoms. The Hall–Kier alpha value is -4.45. The molecule has 3 aromatic rings. The molecule has 0 spiro atoms. The number of phenols is 1. The number of hydrogen-bond acceptors (Lipinski definition) is 8. The number of nitrogens with zero attached hydrogens (tertiary/aromatic N) is 4. The largest absolute Gasteiger partial charge is 0.508 e. The molecule has 5 rings (SSSR count). The Balaban J connectivity index is 1.18. The fourth-order valence-electron chi connectivity index (χ4n) is 4.61. The molecule has 2 fully saturated rings. The number of primary amides is 1. The normalized spacial score (nSPS) is 15.8. The Morgan fingerprint density at radius 2 is 1.61 bits per heavy atom. The van der Waals surface area contributed by atoms with Gasteiger partial charge in [0.2, 0.25) is 0 Å². The molecule has 1 aromatic heterocycles. The van der Waals surface area contributed by atoms with Crippen molar-refractivity contribution in [2.75, 3.05) is 68.0 Å². The second-order valence-corrected chi connectivity index (χ2v) is 9.23. The van der Waals surface area contributed by atoms with Crippen LogP contribution in [0.3, 0.4) is 0 Å². The minimum Gasteiger partial charge on any atom is -0.508 e. The summed E-state index contributed by atoms with van der Waals surface area (Å²) in [5, 5.41) is 22.8. The number of phenolic OH excluding ortho intramolecular Hbond substituents is 1. The van der Waals surface area contributed by atoms with Crippen LogP contribution >= 0.6 is 0 Å². The summed E-state index contributed by atoms with van der Waals surface area (Å²) in [5.74, 6) is 0.310. The number of carbonyl (C=O) groups excluding carboxylic acids is 2. The first-order valence-corrected chi connectivity index (χ1v) is 12.6. The molecule has 200 valence electrons. The van der Waals surface area contributed by atoms with E-state index >= 15 is 0 Å². The second kappa shape index (κ2) is 11.3. The highest BCUT2D eigenvalue weighted by molar-refractivity contribution is 6.03. The van der Waals surface area contributed by atoms with Gasteiger partial charge in [-0.25, -0.2) is 4.79 Å². The monoisotopic (exact) mass is 520 g/mol. The van der Waals surface area contributed by atoms with Crippen molar-refractivity contribution in [3.63, 3.8) is 0 Å². The van der Waals surface area contributed by atoms with Crippen molar-refractivity contribution >= 4 is 34.9 Å². The highest BCUT2D eigenvalue weighted by Crippen LogP contribution is 2.27. The molecule has 3 heterocycles. The van der Waals surface area contributed by atoms with E-state index in [1.165, 1.54) is 0 Å². The van der Waals surface area contributed by atoms with Crippen molar-refractivity contribution in [2.24, 2.45) is 5.73 Å². The topological polar surface area (TPSA) is 152 Å². The Labute approximate surface area is 220 Å². The van der Waals surface area contributed by atoms with E-state index in [1.54, 1.807) is 24.3 Å². The van der Waals surface area contributed by atoms with Gasteiger partial charge in [0.15, 0.2) is 5.82 Å². The van der Waals surface area contributed by atoms with E-state index < -0.39 is 5.91 Å². The highest BCUT2D eigenvalue weighted by atomic mass is 16.5. The van der Waals surface area contributed by atoms with Crippen LogP contribution < -0.4 is 21.3 Å². The number of H-pyrrole nitrogens is 1. The average molecular weight is 521 g/mol. The van der Waals surface area contributed by atoms with Crippen LogP contribution in [0.1, 0.15) is 15.9 Å². The van der Waals surface area contributed by atoms with Crippen LogP contribution in [-0.2, 0) is 11.3 Å². The molecular weight excluding hydrogens is 488 g/mol. The van der Waals surface area contributed by atoms with E-state index in [-0.39, 0.29) is 17.3 Å². The fraction of sp³-hybridized carbons (Fsp3) is 0.346. The molecular formula is C26H32N8O4. The summed E-state index contributed by atoms with van der Waals surface area (Å²) in [4.78, 5) is 30.9. The van der Waals surface area contributed by atoms with E-state index in [2.05, 4.69) is 25.7 Å². The SMILES string of the molecule is NC(=O)c1c(Nc2ccc(N3CCN(C(=O)N4CCOCC4)CC3)cc2)n[nH]c1NCc1ccc(O)cc1. The number of morpholine rings is 1. The minimum absolute atomic E-state index is 0.0914. The molecule has 0 saturated carbocycles. The molecule has 2 aliphatic rings. The number of piperazine rings is 1. The third-order valence-electron chi connectivity index (χ3n) is 6.75. The van der Waals surface area contributed by atoms with Crippen molar-refractivity contribution in [1.29, 1.82) is 0 Å². The van der Waals surface area contributed by atoms with Gasteiger partial charge in [-0.15, -0.1) is 0 Å². The third kappa shape index (κ3) is 5.75. The number of aromatic hydroxyl groups is 1. The molecule has 6 N–H and O–H groups in total. The van der Waals surface area contributed by atoms with Crippen LogP contribution in [0.15, 0.2) is 48.5 Å². The predicted octanol–water partition coefficient (Wildman–Crippen LogP) is 2.14. The van der Waals surface area contributed by atoms with Gasteiger partial charge in [0.05, 0.1) is 13.2 Å². The number of nitrogens with two attached hydrogens (primary N) is 1. The maximum absolute atomic E-state index is 12.7. The van der Waals surface area contributed by atoms with Crippen LogP contribution in [0.25, 0.3) is 0 Å². The standard InChI is InChI=1S/C26H32N8O4/c27-23(36)22-24(28-17-18-1-7-21(35)8-2-18)30-31-25(22)29-19-3-5-20(6-4-19)32-9-11-33(12-10-32)26(37)34-13-15-38-16-14-34/h1-8,35H,9-17H2,(H2,27,36)(H3,28,29,30,31). The number of benzene rings is 2. The molecule has 2 aromatic carbocycles. The van der Waals surface area contributed by atoms with E-state index in [0.29, 0.717) is 57.6 Å². The molecule has 0 aliphatic carbocycles. The number of anilines is 4. The van der Waals surface area contributed by atoms with E-state index in [1.807, 2.05) is 34.1 Å². The zero-order valence-corrected chi connectivity index (χ0v) is 21.0. The molecule has 0 unspecified atom stereocenters. The highest BCUT2D eigenvalue weighted by Gasteiger charge is 2.26. The first kappa shape index (κ1) is 25.2. The number of hydrogen-bond donors (Lipinski definition) is 5. The molecule has 3 amide bonds. The van der Waals surface area contributed by atoms with Gasteiger partial charge in [0, 0.05) is 57.2 Å². The van der Waals surface area contributed by atoms with Crippen molar-refractivity contribution < 1.29 is 19.4 Å². The van der Waals surface area contributed by atoms with Gasteiger partial charge in [-0.1, -0.05) is 12.1 Å². The van der Waals surface area contributed by atoms with Crippen molar-refractivity contribution in [3.8, 4) is 5.75 Å². The number of ether oxygens (including phenoxy) is 1. The quantitative estimate of drug-likeness (QED) is 0.318. The fourth-order valence-corrected chi connectivity index (χ4v) is 4.61. The van der Waals surface area contributed by atoms with Crippen LogP contribution in [0.5, 0.6) is 5.75 Å². The zero-order valence-electron chi connectivity index (χ0n) is 21.0. The Bertz CT molecular complexity index is 1250. The van der Waals surface area contributed by atoms with Crippen molar-refractivity contribution in [2.45, 2.75) is 6.54 Å². The van der Waals surface area contributed by atoms with Crippen LogP contribution in [0.2, 0.25) is 0 Å². The minimum atomic E-state index is -0.615. The van der Waals surface area contributed by atoms with Crippen LogP contribution in [-0.4, -0.2) is 89.5 Å². The van der Waals surface area contributed by atoms with Gasteiger partial charge < -0.3 is 40.9 Å². The molecule has 2 saturated heterocycles. The lowest BCUT2D eigenvalue weighted by atomic mass is 10.2. The first-order valence-electron chi connectivity index (χ1n) is 12.6. The van der Waals surface area contributed by atoms with Gasteiger partial charge >= 0.3 is 6.03 Å². The average Bonchev–Trinajstić information content (AvgIpc) is 3.36. The van der Waals surface area contributed by atoms with Gasteiger partial charge in [-0.05, 0) is 42.0 Å². The summed E-state index contributed by atoms with van der Waals surface area (Å²) >= 11 is 0. The molecule has 0 atom stereocenters. The molecule has 0 bridgehead atoms. The number of amides is 3. The van der Waals surface area contributed by atoms with Crippen molar-refractivity contribution in [1.82, 2.24) is 20.0 Å². The van der Waals surface area contributed by atoms with E-state index in [4.69, 9.17) is 10.5 Å². The van der Waals surface area contributed by atoms with Crippen molar-refractivity contribution in [3.05, 3.63) is 59.7 Å². The number of aromatic nitrogens is 2. The lowest BCUT2D eigenvalue weighted by molar-refractivity contribution is 0.0428. The number of rotatable bonds is 7. The van der Waals surface area contributed by atoms with Crippen LogP contribution in [0.4, 0.5) is 27.8 Å². The van der Waals surface area contributed by atoms with Gasteiger partial charge in [0.25, 0.3) is 5.91 Å². The third-order valence-corrected chi connectivity index (χ3v) is 6.75. The van der Waals surface area contributed by atoms with Gasteiger partial charge in [-0.2, -0.15) is 5.10 Å². The Morgan fingerprint density at radius 1 is 0.947 bits per heavy atom. The molecule has 2 aliphatic heterocycles. The number of nitrogens with one attached hydrogen (secondary N) is 3. The first-order chi connectivity index (χ1) is 18.5. The summed E-state index contributed by atoms with van der Waals surface area (Å²) < 4.78 is 5.34. The van der Waals surface area contributed by atoms with Crippen LogP contribution in [0, 0.1) is 0 Å². The second-order valence-electron chi connectivity index (χ2n) is 9.23. The summed E-state index contributed by atoms with van der Waals surface area (Å²) in [6.07, 6.45) is 0. The molecule has 0 radical (unpaired) electrons.